The Labute approximate surface area is 278 Å². The fourth-order valence-corrected chi connectivity index (χ4v) is 6.89. The third-order valence-electron chi connectivity index (χ3n) is 9.53. The molecule has 0 radical (unpaired) electrons. The monoisotopic (exact) mass is 678 g/mol. The summed E-state index contributed by atoms with van der Waals surface area (Å²) in [5.74, 6) is 5.33. The molecule has 7 rings (SSSR count). The lowest BCUT2D eigenvalue weighted by Crippen LogP contribution is -2.52. The Morgan fingerprint density at radius 3 is 2.60 bits per heavy atom. The van der Waals surface area contributed by atoms with Gasteiger partial charge in [-0.05, 0) is 67.6 Å². The number of piperidine rings is 1. The molecule has 1 atom stereocenters. The SMILES string of the molecule is O=C1CCC(N2Cc3cc(C#CC4CN(Cc5cnn(C6(C(=O)Nc7ccc(C(F)(F)F)cc7Cl)CCC6)c5)C4)ccc3C2=O)C(=O)N1. The van der Waals surface area contributed by atoms with Crippen molar-refractivity contribution in [2.24, 2.45) is 5.92 Å². The second kappa shape index (κ2) is 12.1. The molecule has 0 spiro atoms. The fourth-order valence-electron chi connectivity index (χ4n) is 6.67. The molecule has 3 aliphatic heterocycles. The minimum absolute atomic E-state index is 0.114. The van der Waals surface area contributed by atoms with E-state index in [1.807, 2.05) is 12.3 Å². The number of halogens is 4. The summed E-state index contributed by atoms with van der Waals surface area (Å²) in [6.45, 7) is 2.43. The number of hydrogen-bond acceptors (Lipinski definition) is 6. The summed E-state index contributed by atoms with van der Waals surface area (Å²) >= 11 is 6.07. The van der Waals surface area contributed by atoms with Gasteiger partial charge < -0.3 is 10.2 Å². The van der Waals surface area contributed by atoms with Crippen molar-refractivity contribution in [2.45, 2.75) is 63.0 Å². The van der Waals surface area contributed by atoms with Crippen LogP contribution in [-0.4, -0.2) is 62.3 Å². The van der Waals surface area contributed by atoms with Crippen LogP contribution in [0.25, 0.3) is 0 Å². The molecule has 1 unspecified atom stereocenters. The molecule has 4 amide bonds. The van der Waals surface area contributed by atoms with Gasteiger partial charge in [0.15, 0.2) is 0 Å². The summed E-state index contributed by atoms with van der Waals surface area (Å²) in [7, 11) is 0. The van der Waals surface area contributed by atoms with E-state index in [2.05, 4.69) is 32.5 Å². The second-order valence-electron chi connectivity index (χ2n) is 12.8. The molecule has 48 heavy (non-hydrogen) atoms. The van der Waals surface area contributed by atoms with E-state index >= 15 is 0 Å². The summed E-state index contributed by atoms with van der Waals surface area (Å²) in [6, 6.07) is 7.62. The number of amides is 4. The van der Waals surface area contributed by atoms with Crippen LogP contribution in [0.15, 0.2) is 48.8 Å². The third-order valence-corrected chi connectivity index (χ3v) is 9.84. The first-order valence-electron chi connectivity index (χ1n) is 15.6. The van der Waals surface area contributed by atoms with E-state index < -0.39 is 29.2 Å². The number of imide groups is 1. The molecule has 4 aliphatic rings. The maximum Gasteiger partial charge on any atom is 0.416 e. The zero-order valence-electron chi connectivity index (χ0n) is 25.6. The highest BCUT2D eigenvalue weighted by Gasteiger charge is 2.47. The molecular weight excluding hydrogens is 649 g/mol. The van der Waals surface area contributed by atoms with Gasteiger partial charge in [0.25, 0.3) is 11.8 Å². The Hall–Kier alpha value is -4.67. The van der Waals surface area contributed by atoms with Crippen molar-refractivity contribution in [1.29, 1.82) is 0 Å². The molecule has 14 heteroatoms. The number of carbonyl (C=O) groups excluding carboxylic acids is 4. The number of alkyl halides is 3. The van der Waals surface area contributed by atoms with E-state index in [0.717, 1.165) is 54.4 Å². The summed E-state index contributed by atoms with van der Waals surface area (Å²) in [5, 5.41) is 9.30. The van der Waals surface area contributed by atoms with Gasteiger partial charge in [-0.1, -0.05) is 23.4 Å². The topological polar surface area (TPSA) is 117 Å². The maximum atomic E-state index is 13.3. The highest BCUT2D eigenvalue weighted by molar-refractivity contribution is 6.33. The average molecular weight is 679 g/mol. The summed E-state index contributed by atoms with van der Waals surface area (Å²) in [4.78, 5) is 53.8. The number of carbonyl (C=O) groups is 4. The Bertz CT molecular complexity index is 1900. The van der Waals surface area contributed by atoms with Crippen LogP contribution < -0.4 is 10.6 Å². The molecule has 1 aromatic heterocycles. The highest BCUT2D eigenvalue weighted by atomic mass is 35.5. The lowest BCUT2D eigenvalue weighted by molar-refractivity contribution is -0.138. The fraction of sp³-hybridized carbons (Fsp3) is 0.382. The van der Waals surface area contributed by atoms with E-state index in [-0.39, 0.29) is 40.8 Å². The number of hydrogen-bond donors (Lipinski definition) is 2. The third kappa shape index (κ3) is 5.95. The molecule has 2 aromatic carbocycles. The molecular formula is C34H30ClF3N6O4. The van der Waals surface area contributed by atoms with Crippen LogP contribution in [0.4, 0.5) is 18.9 Å². The number of anilines is 1. The minimum Gasteiger partial charge on any atom is -0.323 e. The first kappa shape index (κ1) is 31.9. The standard InChI is InChI=1S/C34H30ClF3N6O4/c35-26-13-24(34(36,37)38)5-7-27(26)40-32(48)33(10-1-11-33)44-18-22(14-39-44)17-42-15-21(16-42)3-2-20-4-6-25-23(12-20)19-43(31(25)47)28-8-9-29(45)41-30(28)46/h4-7,12-14,18,21,28H,1,8-11,15-17,19H2,(H,40,48)(H,41,45,46). The minimum atomic E-state index is -4.54. The van der Waals surface area contributed by atoms with Gasteiger partial charge in [-0.15, -0.1) is 0 Å². The van der Waals surface area contributed by atoms with E-state index in [9.17, 15) is 32.3 Å². The quantitative estimate of drug-likeness (QED) is 0.297. The van der Waals surface area contributed by atoms with E-state index in [0.29, 0.717) is 37.9 Å². The molecule has 10 nitrogen and oxygen atoms in total. The molecule has 2 saturated heterocycles. The van der Waals surface area contributed by atoms with Crippen molar-refractivity contribution >= 4 is 40.9 Å². The molecule has 4 heterocycles. The van der Waals surface area contributed by atoms with Gasteiger partial charge in [0.1, 0.15) is 11.6 Å². The molecule has 2 N–H and O–H groups in total. The van der Waals surface area contributed by atoms with Crippen molar-refractivity contribution in [1.82, 2.24) is 24.9 Å². The van der Waals surface area contributed by atoms with Crippen LogP contribution >= 0.6 is 11.6 Å². The summed E-state index contributed by atoms with van der Waals surface area (Å²) in [6.07, 6.45) is 1.46. The first-order chi connectivity index (χ1) is 22.9. The van der Waals surface area contributed by atoms with Gasteiger partial charge in [0, 0.05) is 61.4 Å². The van der Waals surface area contributed by atoms with Crippen LogP contribution in [0, 0.1) is 17.8 Å². The van der Waals surface area contributed by atoms with E-state index in [1.54, 1.807) is 23.0 Å². The number of fused-ring (bicyclic) bond motifs is 1. The van der Waals surface area contributed by atoms with Crippen molar-refractivity contribution in [2.75, 3.05) is 18.4 Å². The van der Waals surface area contributed by atoms with Gasteiger partial charge in [0.2, 0.25) is 11.8 Å². The number of likely N-dealkylation sites (tertiary alicyclic amines) is 1. The molecule has 248 valence electrons. The Kier molecular flexibility index (Phi) is 8.04. The smallest absolute Gasteiger partial charge is 0.323 e. The zero-order chi connectivity index (χ0) is 33.8. The van der Waals surface area contributed by atoms with Crippen molar-refractivity contribution < 1.29 is 32.3 Å². The van der Waals surface area contributed by atoms with E-state index in [1.165, 1.54) is 4.90 Å². The lowest BCUT2D eigenvalue weighted by atomic mass is 9.76. The zero-order valence-corrected chi connectivity index (χ0v) is 26.3. The van der Waals surface area contributed by atoms with E-state index in [4.69, 9.17) is 11.6 Å². The van der Waals surface area contributed by atoms with Gasteiger partial charge in [0.05, 0.1) is 22.5 Å². The first-order valence-corrected chi connectivity index (χ1v) is 16.0. The molecule has 3 aromatic rings. The van der Waals surface area contributed by atoms with Crippen LogP contribution in [-0.2, 0) is 39.2 Å². The lowest BCUT2D eigenvalue weighted by Gasteiger charge is -2.40. The van der Waals surface area contributed by atoms with Crippen molar-refractivity contribution in [3.05, 3.63) is 81.6 Å². The maximum absolute atomic E-state index is 13.3. The van der Waals surface area contributed by atoms with Crippen LogP contribution in [0.5, 0.6) is 0 Å². The van der Waals surface area contributed by atoms with Gasteiger partial charge in [-0.3, -0.25) is 34.1 Å². The number of aromatic nitrogens is 2. The summed E-state index contributed by atoms with van der Waals surface area (Å²) < 4.78 is 40.7. The van der Waals surface area contributed by atoms with Gasteiger partial charge in [-0.25, -0.2) is 0 Å². The Balaban J connectivity index is 0.933. The van der Waals surface area contributed by atoms with Crippen LogP contribution in [0.1, 0.15) is 64.7 Å². The Morgan fingerprint density at radius 1 is 1.12 bits per heavy atom. The average Bonchev–Trinajstić information content (AvgIpc) is 3.58. The van der Waals surface area contributed by atoms with Crippen molar-refractivity contribution in [3.63, 3.8) is 0 Å². The molecule has 3 fully saturated rings. The highest BCUT2D eigenvalue weighted by Crippen LogP contribution is 2.41. The molecule has 1 aliphatic carbocycles. The van der Waals surface area contributed by atoms with Crippen LogP contribution in [0.3, 0.4) is 0 Å². The predicted octanol–water partition coefficient (Wildman–Crippen LogP) is 4.32. The van der Waals surface area contributed by atoms with Crippen molar-refractivity contribution in [3.8, 4) is 11.8 Å². The second-order valence-corrected chi connectivity index (χ2v) is 13.2. The number of nitrogens with one attached hydrogen (secondary N) is 2. The number of benzene rings is 2. The number of nitrogens with zero attached hydrogens (tertiary/aromatic N) is 4. The van der Waals surface area contributed by atoms with Gasteiger partial charge >= 0.3 is 6.18 Å². The number of rotatable bonds is 6. The van der Waals surface area contributed by atoms with Crippen LogP contribution in [0.2, 0.25) is 5.02 Å². The largest absolute Gasteiger partial charge is 0.416 e. The predicted molar refractivity (Wildman–Crippen MR) is 167 cm³/mol. The summed E-state index contributed by atoms with van der Waals surface area (Å²) in [5.41, 5.74) is 1.36. The normalized spacial score (nSPS) is 20.7. The molecule has 0 bridgehead atoms. The Morgan fingerprint density at radius 2 is 1.92 bits per heavy atom. The molecule has 1 saturated carbocycles. The van der Waals surface area contributed by atoms with Gasteiger partial charge in [-0.2, -0.15) is 18.3 Å².